The van der Waals surface area contributed by atoms with E-state index < -0.39 is 10.8 Å². The Morgan fingerprint density at radius 3 is 2.57 bits per heavy atom. The van der Waals surface area contributed by atoms with E-state index in [1.165, 1.54) is 42.6 Å². The van der Waals surface area contributed by atoms with Gasteiger partial charge in [-0.2, -0.15) is 5.10 Å². The minimum atomic E-state index is -0.610. The molecule has 0 radical (unpaired) electrons. The second kappa shape index (κ2) is 6.33. The zero-order valence-corrected chi connectivity index (χ0v) is 10.6. The van der Waals surface area contributed by atoms with Crippen molar-refractivity contribution in [2.75, 3.05) is 0 Å². The first-order valence-electron chi connectivity index (χ1n) is 5.75. The molecule has 8 heteroatoms. The van der Waals surface area contributed by atoms with E-state index in [0.29, 0.717) is 5.56 Å². The number of nitrogens with one attached hydrogen (secondary N) is 1. The van der Waals surface area contributed by atoms with Crippen LogP contribution < -0.4 is 5.43 Å². The monoisotopic (exact) mass is 288 g/mol. The van der Waals surface area contributed by atoms with Crippen LogP contribution in [0.5, 0.6) is 0 Å². The number of carbonyl (C=O) groups is 1. The molecular weight excluding hydrogens is 279 g/mol. The molecule has 0 saturated heterocycles. The summed E-state index contributed by atoms with van der Waals surface area (Å²) in [5, 5.41) is 14.1. The third kappa shape index (κ3) is 3.90. The summed E-state index contributed by atoms with van der Waals surface area (Å²) in [5.74, 6) is -0.977. The summed E-state index contributed by atoms with van der Waals surface area (Å²) in [6.45, 7) is 0. The first kappa shape index (κ1) is 14.3. The minimum absolute atomic E-state index is 0.00291. The molecular formula is C13H9FN4O3. The maximum Gasteiger partial charge on any atom is 0.289 e. The number of carbonyl (C=O) groups excluding carboxylic acids is 1. The van der Waals surface area contributed by atoms with Gasteiger partial charge in [0.2, 0.25) is 0 Å². The summed E-state index contributed by atoms with van der Waals surface area (Å²) in [6, 6.07) is 7.92. The third-order valence-corrected chi connectivity index (χ3v) is 2.44. The third-order valence-electron chi connectivity index (χ3n) is 2.44. The molecule has 1 heterocycles. The van der Waals surface area contributed by atoms with E-state index in [1.807, 2.05) is 0 Å². The van der Waals surface area contributed by atoms with Crippen molar-refractivity contribution < 1.29 is 14.1 Å². The Labute approximate surface area is 118 Å². The molecule has 1 aromatic carbocycles. The summed E-state index contributed by atoms with van der Waals surface area (Å²) >= 11 is 0. The van der Waals surface area contributed by atoms with E-state index in [2.05, 4.69) is 15.5 Å². The highest BCUT2D eigenvalue weighted by Crippen LogP contribution is 2.08. The molecule has 1 amide bonds. The smallest absolute Gasteiger partial charge is 0.266 e. The van der Waals surface area contributed by atoms with Crippen LogP contribution in [0, 0.1) is 15.9 Å². The average molecular weight is 288 g/mol. The van der Waals surface area contributed by atoms with Gasteiger partial charge >= 0.3 is 0 Å². The molecule has 106 valence electrons. The van der Waals surface area contributed by atoms with E-state index >= 15 is 0 Å². The molecule has 0 spiro atoms. The Balaban J connectivity index is 1.98. The maximum atomic E-state index is 12.7. The molecule has 0 aliphatic rings. The van der Waals surface area contributed by atoms with Gasteiger partial charge in [-0.1, -0.05) is 12.1 Å². The first-order valence-corrected chi connectivity index (χ1v) is 5.75. The molecule has 0 bridgehead atoms. The van der Waals surface area contributed by atoms with Gasteiger partial charge in [0.05, 0.1) is 11.1 Å². The zero-order valence-electron chi connectivity index (χ0n) is 10.6. The largest absolute Gasteiger partial charge is 0.289 e. The Hall–Kier alpha value is -3.16. The SMILES string of the molecule is O=C(N/N=C/c1ccc(F)cc1)c1ccc([N+](=O)[O-])cn1. The molecule has 0 atom stereocenters. The van der Waals surface area contributed by atoms with Gasteiger partial charge < -0.3 is 0 Å². The highest BCUT2D eigenvalue weighted by molar-refractivity contribution is 5.93. The van der Waals surface area contributed by atoms with Crippen LogP contribution in [-0.2, 0) is 0 Å². The Morgan fingerprint density at radius 2 is 2.00 bits per heavy atom. The van der Waals surface area contributed by atoms with Gasteiger partial charge in [0.15, 0.2) is 0 Å². The number of halogens is 1. The number of hydrazone groups is 1. The van der Waals surface area contributed by atoms with E-state index in [0.717, 1.165) is 6.20 Å². The molecule has 0 aliphatic heterocycles. The minimum Gasteiger partial charge on any atom is -0.266 e. The van der Waals surface area contributed by atoms with Crippen LogP contribution >= 0.6 is 0 Å². The quantitative estimate of drug-likeness (QED) is 0.527. The van der Waals surface area contributed by atoms with E-state index in [1.54, 1.807) is 0 Å². The van der Waals surface area contributed by atoms with E-state index in [9.17, 15) is 19.3 Å². The standard InChI is InChI=1S/C13H9FN4O3/c14-10-3-1-9(2-4-10)7-16-17-13(19)12-6-5-11(8-15-12)18(20)21/h1-8H,(H,17,19)/b16-7+. The number of nitro groups is 1. The number of pyridine rings is 1. The van der Waals surface area contributed by atoms with Crippen molar-refractivity contribution in [3.05, 3.63) is 69.8 Å². The molecule has 0 unspecified atom stereocenters. The van der Waals surface area contributed by atoms with Gasteiger partial charge in [-0.05, 0) is 23.8 Å². The van der Waals surface area contributed by atoms with Crippen LogP contribution in [0.15, 0.2) is 47.7 Å². The van der Waals surface area contributed by atoms with E-state index in [4.69, 9.17) is 0 Å². The molecule has 0 saturated carbocycles. The normalized spacial score (nSPS) is 10.5. The van der Waals surface area contributed by atoms with Gasteiger partial charge in [0, 0.05) is 6.07 Å². The number of amides is 1. The second-order valence-electron chi connectivity index (χ2n) is 3.91. The van der Waals surface area contributed by atoms with Gasteiger partial charge in [0.1, 0.15) is 17.7 Å². The van der Waals surface area contributed by atoms with Gasteiger partial charge in [-0.3, -0.25) is 14.9 Å². The van der Waals surface area contributed by atoms with Crippen molar-refractivity contribution in [1.29, 1.82) is 0 Å². The van der Waals surface area contributed by atoms with Gasteiger partial charge in [0.25, 0.3) is 11.6 Å². The number of aromatic nitrogens is 1. The molecule has 2 aromatic rings. The maximum absolute atomic E-state index is 12.7. The molecule has 1 N–H and O–H groups in total. The Bertz CT molecular complexity index is 684. The fraction of sp³-hybridized carbons (Fsp3) is 0. The fourth-order valence-electron chi connectivity index (χ4n) is 1.40. The van der Waals surface area contributed by atoms with Crippen molar-refractivity contribution in [3.63, 3.8) is 0 Å². The predicted molar refractivity (Wildman–Crippen MR) is 72.4 cm³/mol. The number of hydrogen-bond acceptors (Lipinski definition) is 5. The van der Waals surface area contributed by atoms with Crippen molar-refractivity contribution in [2.45, 2.75) is 0 Å². The summed E-state index contributed by atoms with van der Waals surface area (Å²) < 4.78 is 12.7. The van der Waals surface area contributed by atoms with Crippen LogP contribution in [0.25, 0.3) is 0 Å². The molecule has 0 aliphatic carbocycles. The van der Waals surface area contributed by atoms with Crippen molar-refractivity contribution in [2.24, 2.45) is 5.10 Å². The zero-order chi connectivity index (χ0) is 15.2. The van der Waals surface area contributed by atoms with Crippen molar-refractivity contribution in [1.82, 2.24) is 10.4 Å². The van der Waals surface area contributed by atoms with Gasteiger partial charge in [-0.15, -0.1) is 0 Å². The van der Waals surface area contributed by atoms with Crippen molar-refractivity contribution in [3.8, 4) is 0 Å². The lowest BCUT2D eigenvalue weighted by molar-refractivity contribution is -0.385. The predicted octanol–water partition coefficient (Wildman–Crippen LogP) is 1.89. The van der Waals surface area contributed by atoms with Crippen LogP contribution in [0.1, 0.15) is 16.1 Å². The van der Waals surface area contributed by atoms with Crippen LogP contribution in [0.4, 0.5) is 10.1 Å². The van der Waals surface area contributed by atoms with Crippen LogP contribution in [-0.4, -0.2) is 22.0 Å². The lowest BCUT2D eigenvalue weighted by Crippen LogP contribution is -2.18. The van der Waals surface area contributed by atoms with Crippen molar-refractivity contribution >= 4 is 17.8 Å². The molecule has 7 nitrogen and oxygen atoms in total. The molecule has 21 heavy (non-hydrogen) atoms. The summed E-state index contributed by atoms with van der Waals surface area (Å²) in [6.07, 6.45) is 2.32. The number of benzene rings is 1. The van der Waals surface area contributed by atoms with Crippen LogP contribution in [0.3, 0.4) is 0 Å². The fourth-order valence-corrected chi connectivity index (χ4v) is 1.40. The highest BCUT2D eigenvalue weighted by Gasteiger charge is 2.10. The lowest BCUT2D eigenvalue weighted by Gasteiger charge is -1.98. The molecule has 0 fully saturated rings. The molecule has 2 rings (SSSR count). The topological polar surface area (TPSA) is 97.5 Å². The Morgan fingerprint density at radius 1 is 1.29 bits per heavy atom. The number of hydrogen-bond donors (Lipinski definition) is 1. The second-order valence-corrected chi connectivity index (χ2v) is 3.91. The Kier molecular flexibility index (Phi) is 4.30. The van der Waals surface area contributed by atoms with Crippen LogP contribution in [0.2, 0.25) is 0 Å². The van der Waals surface area contributed by atoms with E-state index in [-0.39, 0.29) is 17.2 Å². The first-order chi connectivity index (χ1) is 10.1. The highest BCUT2D eigenvalue weighted by atomic mass is 19.1. The number of nitrogens with zero attached hydrogens (tertiary/aromatic N) is 3. The summed E-state index contributed by atoms with van der Waals surface area (Å²) in [5.41, 5.74) is 2.61. The average Bonchev–Trinajstić information content (AvgIpc) is 2.49. The summed E-state index contributed by atoms with van der Waals surface area (Å²) in [4.78, 5) is 25.2. The summed E-state index contributed by atoms with van der Waals surface area (Å²) in [7, 11) is 0. The lowest BCUT2D eigenvalue weighted by atomic mass is 10.2. The number of rotatable bonds is 4. The molecule has 1 aromatic heterocycles. The van der Waals surface area contributed by atoms with Gasteiger partial charge in [-0.25, -0.2) is 14.8 Å².